The molecule has 0 bridgehead atoms. The Balaban J connectivity index is 2.17. The third-order valence-electron chi connectivity index (χ3n) is 3.03. The van der Waals surface area contributed by atoms with Crippen LogP contribution in [0.4, 0.5) is 5.13 Å². The van der Waals surface area contributed by atoms with E-state index in [9.17, 15) is 9.59 Å². The second kappa shape index (κ2) is 6.39. The molecule has 2 heterocycles. The zero-order valence-corrected chi connectivity index (χ0v) is 14.0. The fraction of sp³-hybridized carbons (Fsp3) is 0.467. The normalized spacial score (nSPS) is 11.5. The molecule has 0 fully saturated rings. The lowest BCUT2D eigenvalue weighted by molar-refractivity contribution is 0.101. The molecule has 1 N–H and O–H groups in total. The highest BCUT2D eigenvalue weighted by molar-refractivity contribution is 7.14. The third-order valence-corrected chi connectivity index (χ3v) is 3.79. The molecule has 118 valence electrons. The first-order valence-corrected chi connectivity index (χ1v) is 8.04. The van der Waals surface area contributed by atoms with Gasteiger partial charge in [-0.05, 0) is 12.5 Å². The minimum absolute atomic E-state index is 0.0634. The maximum absolute atomic E-state index is 12.2. The van der Waals surface area contributed by atoms with E-state index in [0.29, 0.717) is 11.7 Å². The molecule has 0 atom stereocenters. The van der Waals surface area contributed by atoms with Crippen molar-refractivity contribution in [3.05, 3.63) is 39.3 Å². The number of nitrogens with zero attached hydrogens (tertiary/aromatic N) is 3. The van der Waals surface area contributed by atoms with Gasteiger partial charge in [-0.15, -0.1) is 11.3 Å². The number of thiazole rings is 1. The summed E-state index contributed by atoms with van der Waals surface area (Å²) in [5, 5.41) is 9.28. The van der Waals surface area contributed by atoms with Crippen molar-refractivity contribution in [2.24, 2.45) is 0 Å². The van der Waals surface area contributed by atoms with Gasteiger partial charge in [-0.1, -0.05) is 27.7 Å². The van der Waals surface area contributed by atoms with Gasteiger partial charge in [0.05, 0.1) is 5.69 Å². The molecule has 1 amide bonds. The van der Waals surface area contributed by atoms with Gasteiger partial charge in [-0.2, -0.15) is 5.10 Å². The lowest BCUT2D eigenvalue weighted by Crippen LogP contribution is -2.26. The van der Waals surface area contributed by atoms with Crippen molar-refractivity contribution in [1.29, 1.82) is 0 Å². The number of carbonyl (C=O) groups is 1. The van der Waals surface area contributed by atoms with E-state index in [2.05, 4.69) is 36.2 Å². The summed E-state index contributed by atoms with van der Waals surface area (Å²) in [5.74, 6) is -0.361. The Morgan fingerprint density at radius 1 is 1.36 bits per heavy atom. The van der Waals surface area contributed by atoms with Crippen LogP contribution in [0.1, 0.15) is 50.3 Å². The number of aryl methyl sites for hydroxylation is 1. The summed E-state index contributed by atoms with van der Waals surface area (Å²) in [5.41, 5.74) is 0.867. The van der Waals surface area contributed by atoms with Gasteiger partial charge in [0.25, 0.3) is 11.5 Å². The third kappa shape index (κ3) is 3.79. The summed E-state index contributed by atoms with van der Waals surface area (Å²) in [6, 6.07) is 2.79. The molecule has 2 aromatic rings. The summed E-state index contributed by atoms with van der Waals surface area (Å²) >= 11 is 1.38. The van der Waals surface area contributed by atoms with Gasteiger partial charge < -0.3 is 0 Å². The van der Waals surface area contributed by atoms with Gasteiger partial charge in [0, 0.05) is 23.4 Å². The Bertz CT molecular complexity index is 728. The van der Waals surface area contributed by atoms with Crippen molar-refractivity contribution in [2.45, 2.75) is 46.1 Å². The molecule has 0 unspecified atom stereocenters. The number of aromatic nitrogens is 3. The topological polar surface area (TPSA) is 76.9 Å². The average molecular weight is 320 g/mol. The zero-order valence-electron chi connectivity index (χ0n) is 13.2. The molecule has 7 heteroatoms. The van der Waals surface area contributed by atoms with Crippen LogP contribution in [-0.2, 0) is 12.0 Å². The summed E-state index contributed by atoms with van der Waals surface area (Å²) in [6.45, 7) is 8.64. The van der Waals surface area contributed by atoms with Crippen LogP contribution in [0.25, 0.3) is 0 Å². The Labute approximate surface area is 133 Å². The van der Waals surface area contributed by atoms with Gasteiger partial charge in [0.2, 0.25) is 0 Å². The van der Waals surface area contributed by atoms with Gasteiger partial charge in [-0.25, -0.2) is 9.67 Å². The van der Waals surface area contributed by atoms with E-state index in [1.807, 2.05) is 12.3 Å². The summed E-state index contributed by atoms with van der Waals surface area (Å²) in [4.78, 5) is 28.2. The lowest BCUT2D eigenvalue weighted by atomic mass is 9.93. The van der Waals surface area contributed by atoms with E-state index in [4.69, 9.17) is 0 Å². The van der Waals surface area contributed by atoms with E-state index in [0.717, 1.165) is 12.1 Å². The lowest BCUT2D eigenvalue weighted by Gasteiger charge is -2.14. The van der Waals surface area contributed by atoms with Crippen LogP contribution in [0.2, 0.25) is 0 Å². The highest BCUT2D eigenvalue weighted by Crippen LogP contribution is 2.26. The van der Waals surface area contributed by atoms with Crippen molar-refractivity contribution < 1.29 is 4.79 Å². The summed E-state index contributed by atoms with van der Waals surface area (Å²) in [6.07, 6.45) is 0.777. The maximum Gasteiger partial charge on any atom is 0.277 e. The Morgan fingerprint density at radius 3 is 2.68 bits per heavy atom. The predicted octanol–water partition coefficient (Wildman–Crippen LogP) is 2.66. The van der Waals surface area contributed by atoms with Crippen LogP contribution < -0.4 is 10.9 Å². The molecule has 0 aromatic carbocycles. The second-order valence-corrected chi connectivity index (χ2v) is 6.88. The number of amides is 1. The first-order chi connectivity index (χ1) is 10.3. The van der Waals surface area contributed by atoms with Crippen molar-refractivity contribution in [3.63, 3.8) is 0 Å². The van der Waals surface area contributed by atoms with Crippen LogP contribution in [0.3, 0.4) is 0 Å². The quantitative estimate of drug-likeness (QED) is 0.939. The van der Waals surface area contributed by atoms with Gasteiger partial charge in [0.15, 0.2) is 5.13 Å². The van der Waals surface area contributed by atoms with Crippen molar-refractivity contribution in [2.75, 3.05) is 5.32 Å². The number of hydrogen-bond donors (Lipinski definition) is 1. The van der Waals surface area contributed by atoms with Crippen LogP contribution >= 0.6 is 11.3 Å². The number of hydrogen-bond acceptors (Lipinski definition) is 5. The van der Waals surface area contributed by atoms with Crippen LogP contribution in [0.5, 0.6) is 0 Å². The summed E-state index contributed by atoms with van der Waals surface area (Å²) < 4.78 is 1.30. The first kappa shape index (κ1) is 16.4. The molecular formula is C15H20N4O2S. The minimum atomic E-state index is -0.361. The smallest absolute Gasteiger partial charge is 0.277 e. The van der Waals surface area contributed by atoms with E-state index in [-0.39, 0.29) is 22.6 Å². The standard InChI is InChI=1S/C15H20N4O2S/c1-5-8-19-12(20)7-6-10(18-19)13(21)17-14-16-11(9-22-14)15(2,3)4/h6-7,9H,5,8H2,1-4H3,(H,16,17,21). The maximum atomic E-state index is 12.2. The van der Waals surface area contributed by atoms with Crippen molar-refractivity contribution in [1.82, 2.24) is 14.8 Å². The molecule has 6 nitrogen and oxygen atoms in total. The van der Waals surface area contributed by atoms with E-state index >= 15 is 0 Å². The number of rotatable bonds is 4. The number of carbonyl (C=O) groups excluding carboxylic acids is 1. The van der Waals surface area contributed by atoms with E-state index < -0.39 is 0 Å². The van der Waals surface area contributed by atoms with Crippen LogP contribution in [-0.4, -0.2) is 20.7 Å². The fourth-order valence-corrected chi connectivity index (χ4v) is 2.71. The molecule has 0 aliphatic heterocycles. The van der Waals surface area contributed by atoms with E-state index in [1.165, 1.54) is 28.2 Å². The molecule has 0 radical (unpaired) electrons. The second-order valence-electron chi connectivity index (χ2n) is 6.02. The van der Waals surface area contributed by atoms with Crippen molar-refractivity contribution >= 4 is 22.4 Å². The molecule has 0 saturated heterocycles. The Hall–Kier alpha value is -2.02. The monoisotopic (exact) mass is 320 g/mol. The largest absolute Gasteiger partial charge is 0.296 e. The molecular weight excluding hydrogens is 300 g/mol. The SMILES string of the molecule is CCCn1nc(C(=O)Nc2nc(C(C)(C)C)cs2)ccc1=O. The van der Waals surface area contributed by atoms with Gasteiger partial charge in [0.1, 0.15) is 5.69 Å². The predicted molar refractivity (Wildman–Crippen MR) is 87.6 cm³/mol. The first-order valence-electron chi connectivity index (χ1n) is 7.17. The molecule has 22 heavy (non-hydrogen) atoms. The minimum Gasteiger partial charge on any atom is -0.296 e. The van der Waals surface area contributed by atoms with Gasteiger partial charge >= 0.3 is 0 Å². The Kier molecular flexibility index (Phi) is 4.75. The zero-order chi connectivity index (χ0) is 16.3. The van der Waals surface area contributed by atoms with Crippen LogP contribution in [0.15, 0.2) is 22.3 Å². The molecule has 2 rings (SSSR count). The molecule has 0 aliphatic carbocycles. The number of nitrogens with one attached hydrogen (secondary N) is 1. The summed E-state index contributed by atoms with van der Waals surface area (Å²) in [7, 11) is 0. The van der Waals surface area contributed by atoms with E-state index in [1.54, 1.807) is 0 Å². The molecule has 2 aromatic heterocycles. The number of anilines is 1. The van der Waals surface area contributed by atoms with Crippen molar-refractivity contribution in [3.8, 4) is 0 Å². The van der Waals surface area contributed by atoms with Crippen LogP contribution in [0, 0.1) is 0 Å². The Morgan fingerprint density at radius 2 is 2.09 bits per heavy atom. The highest BCUT2D eigenvalue weighted by Gasteiger charge is 2.19. The average Bonchev–Trinajstić information content (AvgIpc) is 2.90. The molecule has 0 saturated carbocycles. The van der Waals surface area contributed by atoms with Gasteiger partial charge in [-0.3, -0.25) is 14.9 Å². The highest BCUT2D eigenvalue weighted by atomic mass is 32.1. The fourth-order valence-electron chi connectivity index (χ4n) is 1.78. The molecule has 0 spiro atoms. The molecule has 0 aliphatic rings.